The predicted molar refractivity (Wildman–Crippen MR) is 109 cm³/mol. The number of rotatable bonds is 10. The molecule has 0 saturated heterocycles. The molecule has 2 unspecified atom stereocenters. The third kappa shape index (κ3) is 7.43. The van der Waals surface area contributed by atoms with Gasteiger partial charge >= 0.3 is 6.09 Å². The zero-order valence-corrected chi connectivity index (χ0v) is 16.2. The lowest BCUT2D eigenvalue weighted by Gasteiger charge is -2.22. The van der Waals surface area contributed by atoms with Crippen LogP contribution in [0, 0.1) is 0 Å². The maximum absolute atomic E-state index is 12.2. The molecule has 0 bridgehead atoms. The Bertz CT molecular complexity index is 838. The minimum atomic E-state index is -0.544. The Labute approximate surface area is 170 Å². The van der Waals surface area contributed by atoms with E-state index < -0.39 is 12.2 Å². The van der Waals surface area contributed by atoms with E-state index in [0.717, 1.165) is 12.0 Å². The van der Waals surface area contributed by atoms with Crippen LogP contribution in [0.5, 0.6) is 0 Å². The third-order valence-corrected chi connectivity index (χ3v) is 4.64. The van der Waals surface area contributed by atoms with Gasteiger partial charge in [-0.2, -0.15) is 0 Å². The van der Waals surface area contributed by atoms with Gasteiger partial charge in [-0.25, -0.2) is 9.78 Å². The Morgan fingerprint density at radius 3 is 2.41 bits per heavy atom. The topological polar surface area (TPSA) is 84.6 Å². The van der Waals surface area contributed by atoms with Gasteiger partial charge in [0.25, 0.3) is 0 Å². The van der Waals surface area contributed by atoms with Crippen LogP contribution in [0.15, 0.2) is 77.7 Å². The minimum absolute atomic E-state index is 0.0143. The highest BCUT2D eigenvalue weighted by Crippen LogP contribution is 2.13. The van der Waals surface area contributed by atoms with Gasteiger partial charge in [0.2, 0.25) is 0 Å². The van der Waals surface area contributed by atoms with Crippen molar-refractivity contribution in [2.75, 3.05) is 0 Å². The van der Waals surface area contributed by atoms with E-state index in [1.165, 1.54) is 18.2 Å². The highest BCUT2D eigenvalue weighted by molar-refractivity contribution is 5.67. The molecular weight excluding hydrogens is 368 g/mol. The number of aliphatic hydroxyl groups is 1. The van der Waals surface area contributed by atoms with Gasteiger partial charge in [-0.3, -0.25) is 0 Å². The lowest BCUT2D eigenvalue weighted by atomic mass is 9.97. The van der Waals surface area contributed by atoms with Crippen molar-refractivity contribution in [1.82, 2.24) is 10.3 Å². The number of benzene rings is 2. The Morgan fingerprint density at radius 2 is 1.76 bits per heavy atom. The number of nitrogens with zero attached hydrogens (tertiary/aromatic N) is 1. The lowest BCUT2D eigenvalue weighted by molar-refractivity contribution is 0.114. The summed E-state index contributed by atoms with van der Waals surface area (Å²) in [6.45, 7) is 0.0143. The van der Waals surface area contributed by atoms with Crippen molar-refractivity contribution < 1.29 is 19.1 Å². The van der Waals surface area contributed by atoms with Crippen LogP contribution < -0.4 is 5.32 Å². The number of alkyl carbamates (subject to hydrolysis) is 1. The van der Waals surface area contributed by atoms with Crippen molar-refractivity contribution in [3.63, 3.8) is 0 Å². The molecule has 0 saturated carbocycles. The largest absolute Gasteiger partial charge is 0.445 e. The summed E-state index contributed by atoms with van der Waals surface area (Å²) in [4.78, 5) is 16.0. The molecule has 6 nitrogen and oxygen atoms in total. The van der Waals surface area contributed by atoms with E-state index in [1.807, 2.05) is 60.7 Å². The molecule has 0 spiro atoms. The van der Waals surface area contributed by atoms with E-state index >= 15 is 0 Å². The van der Waals surface area contributed by atoms with Gasteiger partial charge in [0.05, 0.1) is 12.3 Å². The Hall–Kier alpha value is -3.12. The summed E-state index contributed by atoms with van der Waals surface area (Å²) in [5.41, 5.74) is 2.27. The molecule has 2 N–H and O–H groups in total. The molecule has 0 aliphatic carbocycles. The quantitative estimate of drug-likeness (QED) is 0.545. The fourth-order valence-corrected chi connectivity index (χ4v) is 3.17. The zero-order valence-electron chi connectivity index (χ0n) is 16.2. The molecular formula is C23H26N2O4. The van der Waals surface area contributed by atoms with Crippen molar-refractivity contribution in [2.45, 2.75) is 44.4 Å². The van der Waals surface area contributed by atoms with Crippen molar-refractivity contribution in [1.29, 1.82) is 0 Å². The van der Waals surface area contributed by atoms with Crippen LogP contribution in [-0.2, 0) is 24.2 Å². The van der Waals surface area contributed by atoms with Crippen molar-refractivity contribution in [2.24, 2.45) is 0 Å². The maximum Gasteiger partial charge on any atom is 0.407 e. The second kappa shape index (κ2) is 11.0. The number of aryl methyl sites for hydroxylation is 1. The standard InChI is InChI=1S/C23H26N2O4/c26-21(12-11-18-7-3-1-4-8-18)14-20(13-19-9-5-2-6-10-19)25-23(27)28-16-22-15-24-17-29-22/h1-10,15,17,20-21,26H,11-14,16H2,(H,25,27). The molecule has 152 valence electrons. The first kappa shape index (κ1) is 20.6. The van der Waals surface area contributed by atoms with Crippen LogP contribution >= 0.6 is 0 Å². The van der Waals surface area contributed by atoms with E-state index in [4.69, 9.17) is 9.15 Å². The van der Waals surface area contributed by atoms with Gasteiger partial charge in [-0.05, 0) is 36.8 Å². The summed E-state index contributed by atoms with van der Waals surface area (Å²) in [6, 6.07) is 19.7. The first-order valence-corrected chi connectivity index (χ1v) is 9.75. The number of carbonyl (C=O) groups excluding carboxylic acids is 1. The second-order valence-electron chi connectivity index (χ2n) is 6.99. The van der Waals surface area contributed by atoms with Crippen LogP contribution in [0.2, 0.25) is 0 Å². The molecule has 2 aromatic carbocycles. The number of hydrogen-bond donors (Lipinski definition) is 2. The van der Waals surface area contributed by atoms with Crippen LogP contribution in [-0.4, -0.2) is 28.3 Å². The van der Waals surface area contributed by atoms with Crippen LogP contribution in [0.1, 0.15) is 29.7 Å². The number of aliphatic hydroxyl groups excluding tert-OH is 1. The number of ether oxygens (including phenoxy) is 1. The number of amides is 1. The smallest absolute Gasteiger partial charge is 0.407 e. The highest BCUT2D eigenvalue weighted by atomic mass is 16.6. The Morgan fingerprint density at radius 1 is 1.07 bits per heavy atom. The monoisotopic (exact) mass is 394 g/mol. The lowest BCUT2D eigenvalue weighted by Crippen LogP contribution is -2.39. The molecule has 2 atom stereocenters. The SMILES string of the molecule is O=C(NC(Cc1ccccc1)CC(O)CCc1ccccc1)OCc1cnco1. The van der Waals surface area contributed by atoms with Crippen LogP contribution in [0.4, 0.5) is 4.79 Å². The number of hydrogen-bond acceptors (Lipinski definition) is 5. The molecule has 0 aliphatic rings. The molecule has 0 aliphatic heterocycles. The summed E-state index contributed by atoms with van der Waals surface area (Å²) in [5, 5.41) is 13.4. The average Bonchev–Trinajstić information content (AvgIpc) is 3.26. The fraction of sp³-hybridized carbons (Fsp3) is 0.304. The highest BCUT2D eigenvalue weighted by Gasteiger charge is 2.19. The van der Waals surface area contributed by atoms with Gasteiger partial charge in [0.15, 0.2) is 18.8 Å². The Kier molecular flexibility index (Phi) is 7.83. The summed E-state index contributed by atoms with van der Waals surface area (Å²) in [6.07, 6.45) is 4.19. The van der Waals surface area contributed by atoms with E-state index in [0.29, 0.717) is 25.0 Å². The maximum atomic E-state index is 12.2. The van der Waals surface area contributed by atoms with Crippen LogP contribution in [0.25, 0.3) is 0 Å². The number of nitrogens with one attached hydrogen (secondary N) is 1. The second-order valence-corrected chi connectivity index (χ2v) is 6.99. The van der Waals surface area contributed by atoms with Gasteiger partial charge in [0.1, 0.15) is 0 Å². The first-order chi connectivity index (χ1) is 14.2. The van der Waals surface area contributed by atoms with Crippen molar-refractivity contribution in [3.8, 4) is 0 Å². The van der Waals surface area contributed by atoms with Crippen molar-refractivity contribution in [3.05, 3.63) is 90.1 Å². The third-order valence-electron chi connectivity index (χ3n) is 4.64. The molecule has 1 aromatic heterocycles. The molecule has 3 aromatic rings. The molecule has 6 heteroatoms. The molecule has 3 rings (SSSR count). The molecule has 29 heavy (non-hydrogen) atoms. The summed E-state index contributed by atoms with van der Waals surface area (Å²) in [7, 11) is 0. The van der Waals surface area contributed by atoms with E-state index in [2.05, 4.69) is 10.3 Å². The van der Waals surface area contributed by atoms with Gasteiger partial charge < -0.3 is 19.6 Å². The van der Waals surface area contributed by atoms with E-state index in [9.17, 15) is 9.90 Å². The molecule has 1 heterocycles. The normalized spacial score (nSPS) is 12.9. The minimum Gasteiger partial charge on any atom is -0.445 e. The van der Waals surface area contributed by atoms with Crippen LogP contribution in [0.3, 0.4) is 0 Å². The van der Waals surface area contributed by atoms with Gasteiger partial charge in [-0.1, -0.05) is 60.7 Å². The zero-order chi connectivity index (χ0) is 20.3. The van der Waals surface area contributed by atoms with E-state index in [1.54, 1.807) is 0 Å². The average molecular weight is 394 g/mol. The molecule has 1 amide bonds. The number of carbonyl (C=O) groups is 1. The summed E-state index contributed by atoms with van der Waals surface area (Å²) in [5.74, 6) is 0.475. The van der Waals surface area contributed by atoms with Gasteiger partial charge in [-0.15, -0.1) is 0 Å². The van der Waals surface area contributed by atoms with E-state index in [-0.39, 0.29) is 12.6 Å². The van der Waals surface area contributed by atoms with Crippen molar-refractivity contribution >= 4 is 6.09 Å². The number of oxazole rings is 1. The molecule has 0 fully saturated rings. The predicted octanol–water partition coefficient (Wildman–Crippen LogP) is 3.90. The fourth-order valence-electron chi connectivity index (χ4n) is 3.17. The Balaban J connectivity index is 1.53. The first-order valence-electron chi connectivity index (χ1n) is 9.75. The summed E-state index contributed by atoms with van der Waals surface area (Å²) >= 11 is 0. The number of aromatic nitrogens is 1. The molecule has 0 radical (unpaired) electrons. The van der Waals surface area contributed by atoms with Gasteiger partial charge in [0, 0.05) is 6.04 Å². The summed E-state index contributed by atoms with van der Waals surface area (Å²) < 4.78 is 10.3.